The van der Waals surface area contributed by atoms with Crippen LogP contribution in [-0.4, -0.2) is 30.8 Å². The topological polar surface area (TPSA) is 41.1 Å². The van der Waals surface area contributed by atoms with Crippen molar-refractivity contribution < 1.29 is 13.6 Å². The fourth-order valence-corrected chi connectivity index (χ4v) is 5.04. The van der Waals surface area contributed by atoms with E-state index < -0.39 is 11.6 Å². The van der Waals surface area contributed by atoms with Crippen LogP contribution >= 0.6 is 24.2 Å². The van der Waals surface area contributed by atoms with Crippen LogP contribution in [0.15, 0.2) is 47.4 Å². The van der Waals surface area contributed by atoms with Gasteiger partial charge in [-0.15, -0.1) is 24.2 Å². The smallest absolute Gasteiger partial charge is 0.228 e. The van der Waals surface area contributed by atoms with E-state index >= 15 is 0 Å². The monoisotopic (exact) mass is 410 g/mol. The van der Waals surface area contributed by atoms with Crippen LogP contribution < -0.4 is 10.6 Å². The molecular weight excluding hydrogens is 390 g/mol. The van der Waals surface area contributed by atoms with Crippen LogP contribution in [0.5, 0.6) is 0 Å². The highest BCUT2D eigenvalue weighted by Crippen LogP contribution is 2.39. The molecule has 2 heterocycles. The minimum atomic E-state index is -0.845. The molecule has 0 radical (unpaired) electrons. The molecule has 3 unspecified atom stereocenters. The molecule has 27 heavy (non-hydrogen) atoms. The zero-order valence-electron chi connectivity index (χ0n) is 14.6. The molecule has 3 nitrogen and oxygen atoms in total. The molecule has 1 amide bonds. The van der Waals surface area contributed by atoms with E-state index in [9.17, 15) is 13.6 Å². The van der Waals surface area contributed by atoms with Crippen LogP contribution in [-0.2, 0) is 4.79 Å². The molecule has 0 spiro atoms. The molecule has 1 fully saturated rings. The molecular formula is C20H21ClF2N2OS. The maximum atomic E-state index is 13.7. The van der Waals surface area contributed by atoms with E-state index in [1.165, 1.54) is 6.07 Å². The molecule has 144 valence electrons. The molecule has 0 aliphatic carbocycles. The van der Waals surface area contributed by atoms with Crippen LogP contribution in [0.25, 0.3) is 0 Å². The third-order valence-electron chi connectivity index (χ3n) is 5.20. The second kappa shape index (κ2) is 8.59. The van der Waals surface area contributed by atoms with Crippen molar-refractivity contribution in [3.05, 3.63) is 65.2 Å². The van der Waals surface area contributed by atoms with Gasteiger partial charge in [-0.2, -0.15) is 0 Å². The Balaban J connectivity index is 0.00000210. The van der Waals surface area contributed by atoms with E-state index in [0.717, 1.165) is 40.8 Å². The van der Waals surface area contributed by atoms with Gasteiger partial charge in [-0.05, 0) is 42.3 Å². The van der Waals surface area contributed by atoms with E-state index in [-0.39, 0.29) is 36.2 Å². The van der Waals surface area contributed by atoms with E-state index in [0.29, 0.717) is 6.54 Å². The fourth-order valence-electron chi connectivity index (χ4n) is 3.82. The van der Waals surface area contributed by atoms with E-state index in [1.54, 1.807) is 17.8 Å². The molecule has 3 atom stereocenters. The van der Waals surface area contributed by atoms with Crippen molar-refractivity contribution in [1.29, 1.82) is 0 Å². The lowest BCUT2D eigenvalue weighted by molar-refractivity contribution is -0.123. The average Bonchev–Trinajstić information content (AvgIpc) is 3.09. The Morgan fingerprint density at radius 1 is 1.15 bits per heavy atom. The molecule has 2 aromatic rings. The summed E-state index contributed by atoms with van der Waals surface area (Å²) < 4.78 is 26.9. The van der Waals surface area contributed by atoms with Gasteiger partial charge in [-0.3, -0.25) is 4.79 Å². The average molecular weight is 411 g/mol. The first kappa shape index (κ1) is 20.1. The van der Waals surface area contributed by atoms with Gasteiger partial charge in [-0.1, -0.05) is 24.3 Å². The van der Waals surface area contributed by atoms with E-state index in [1.807, 2.05) is 24.3 Å². The number of thioether (sulfide) groups is 1. The number of carbonyl (C=O) groups is 1. The number of amides is 1. The highest BCUT2D eigenvalue weighted by atomic mass is 35.5. The van der Waals surface area contributed by atoms with Gasteiger partial charge >= 0.3 is 0 Å². The number of benzene rings is 2. The molecule has 2 aromatic carbocycles. The molecule has 1 saturated heterocycles. The van der Waals surface area contributed by atoms with Crippen molar-refractivity contribution >= 4 is 30.1 Å². The predicted octanol–water partition coefficient (Wildman–Crippen LogP) is 3.84. The van der Waals surface area contributed by atoms with E-state index in [2.05, 4.69) is 10.6 Å². The summed E-state index contributed by atoms with van der Waals surface area (Å²) in [5.41, 5.74) is 1.81. The van der Waals surface area contributed by atoms with Gasteiger partial charge in [0.15, 0.2) is 11.6 Å². The quantitative estimate of drug-likeness (QED) is 0.807. The Bertz CT molecular complexity index is 835. The third kappa shape index (κ3) is 4.13. The molecule has 2 aliphatic rings. The number of nitrogens with one attached hydrogen (secondary N) is 2. The van der Waals surface area contributed by atoms with Crippen molar-refractivity contribution in [3.63, 3.8) is 0 Å². The van der Waals surface area contributed by atoms with Crippen LogP contribution in [0.4, 0.5) is 8.78 Å². The van der Waals surface area contributed by atoms with Gasteiger partial charge in [-0.25, -0.2) is 8.78 Å². The summed E-state index contributed by atoms with van der Waals surface area (Å²) in [6.45, 7) is 1.41. The highest BCUT2D eigenvalue weighted by Gasteiger charge is 2.33. The third-order valence-corrected chi connectivity index (χ3v) is 6.38. The molecule has 2 aliphatic heterocycles. The van der Waals surface area contributed by atoms with Crippen molar-refractivity contribution in [2.75, 3.05) is 18.8 Å². The Kier molecular flexibility index (Phi) is 6.40. The first-order chi connectivity index (χ1) is 12.6. The van der Waals surface area contributed by atoms with Crippen LogP contribution in [0, 0.1) is 11.6 Å². The summed E-state index contributed by atoms with van der Waals surface area (Å²) >= 11 is 1.70. The number of rotatable bonds is 3. The van der Waals surface area contributed by atoms with Gasteiger partial charge in [0, 0.05) is 29.2 Å². The first-order valence-corrected chi connectivity index (χ1v) is 9.80. The predicted molar refractivity (Wildman–Crippen MR) is 106 cm³/mol. The number of piperidine rings is 1. The molecule has 0 bridgehead atoms. The Labute approximate surface area is 167 Å². The summed E-state index contributed by atoms with van der Waals surface area (Å²) in [6.07, 6.45) is 0.770. The number of carbonyl (C=O) groups excluding carboxylic acids is 1. The Morgan fingerprint density at radius 3 is 2.78 bits per heavy atom. The summed E-state index contributed by atoms with van der Waals surface area (Å²) in [5.74, 6) is -1.14. The van der Waals surface area contributed by atoms with Gasteiger partial charge in [0.05, 0.1) is 5.92 Å². The van der Waals surface area contributed by atoms with Gasteiger partial charge < -0.3 is 10.6 Å². The second-order valence-electron chi connectivity index (χ2n) is 6.79. The summed E-state index contributed by atoms with van der Waals surface area (Å²) in [5, 5.41) is 6.44. The molecule has 4 rings (SSSR count). The standard InChI is InChI=1S/C20H20F2N2OS.ClH/c21-16-6-5-12(9-17(16)22)13-7-8-23-10-18(13)24-20(25)15-11-26-19-4-2-1-3-14(15)19;/h1-6,9,13,15,18,23H,7-8,10-11H2,(H,24,25);1H. The Hall–Kier alpha value is -1.63. The number of hydrogen-bond donors (Lipinski definition) is 2. The van der Waals surface area contributed by atoms with Crippen LogP contribution in [0.2, 0.25) is 0 Å². The van der Waals surface area contributed by atoms with Crippen molar-refractivity contribution in [2.45, 2.75) is 29.2 Å². The van der Waals surface area contributed by atoms with Gasteiger partial charge in [0.25, 0.3) is 0 Å². The lowest BCUT2D eigenvalue weighted by Gasteiger charge is -2.34. The van der Waals surface area contributed by atoms with Crippen LogP contribution in [0.1, 0.15) is 29.4 Å². The van der Waals surface area contributed by atoms with E-state index in [4.69, 9.17) is 0 Å². The number of halogens is 3. The Morgan fingerprint density at radius 2 is 1.96 bits per heavy atom. The zero-order chi connectivity index (χ0) is 18.1. The van der Waals surface area contributed by atoms with Crippen LogP contribution in [0.3, 0.4) is 0 Å². The number of fused-ring (bicyclic) bond motifs is 1. The molecule has 0 saturated carbocycles. The SMILES string of the molecule is Cl.O=C(NC1CNCCC1c1ccc(F)c(F)c1)C1CSc2ccccc21. The van der Waals surface area contributed by atoms with Gasteiger partial charge in [0.2, 0.25) is 5.91 Å². The summed E-state index contributed by atoms with van der Waals surface area (Å²) in [7, 11) is 0. The zero-order valence-corrected chi connectivity index (χ0v) is 16.2. The van der Waals surface area contributed by atoms with Crippen molar-refractivity contribution in [2.24, 2.45) is 0 Å². The van der Waals surface area contributed by atoms with Gasteiger partial charge in [0.1, 0.15) is 0 Å². The summed E-state index contributed by atoms with van der Waals surface area (Å²) in [6, 6.07) is 11.9. The van der Waals surface area contributed by atoms with Crippen molar-refractivity contribution in [1.82, 2.24) is 10.6 Å². The maximum absolute atomic E-state index is 13.7. The second-order valence-corrected chi connectivity index (χ2v) is 7.85. The lowest BCUT2D eigenvalue weighted by Crippen LogP contribution is -2.51. The molecule has 7 heteroatoms. The minimum absolute atomic E-state index is 0. The maximum Gasteiger partial charge on any atom is 0.228 e. The number of hydrogen-bond acceptors (Lipinski definition) is 3. The normalized spacial score (nSPS) is 24.0. The molecule has 2 N–H and O–H groups in total. The lowest BCUT2D eigenvalue weighted by atomic mass is 9.85. The first-order valence-electron chi connectivity index (χ1n) is 8.81. The minimum Gasteiger partial charge on any atom is -0.351 e. The summed E-state index contributed by atoms with van der Waals surface area (Å²) in [4.78, 5) is 14.0. The fraction of sp³-hybridized carbons (Fsp3) is 0.350. The van der Waals surface area contributed by atoms with Crippen molar-refractivity contribution in [3.8, 4) is 0 Å². The largest absolute Gasteiger partial charge is 0.351 e. The molecule has 0 aromatic heterocycles. The highest BCUT2D eigenvalue weighted by molar-refractivity contribution is 7.99.